The highest BCUT2D eigenvalue weighted by molar-refractivity contribution is 5.72. The van der Waals surface area contributed by atoms with E-state index in [2.05, 4.69) is 13.0 Å². The third kappa shape index (κ3) is 21.1. The predicted octanol–water partition coefficient (Wildman–Crippen LogP) is 4.88. The van der Waals surface area contributed by atoms with Crippen molar-refractivity contribution in [2.75, 3.05) is 26.7 Å². The summed E-state index contributed by atoms with van der Waals surface area (Å²) in [7, 11) is 1.77. The van der Waals surface area contributed by atoms with E-state index in [4.69, 9.17) is 14.6 Å². The highest BCUT2D eigenvalue weighted by atomic mass is 16.6. The summed E-state index contributed by atoms with van der Waals surface area (Å²) in [6.45, 7) is 4.77. The van der Waals surface area contributed by atoms with E-state index >= 15 is 0 Å². The molecule has 0 aliphatic rings. The molecule has 0 aromatic heterocycles. The number of likely N-dealkylation sites (N-methyl/N-ethyl adjacent to an activating group) is 1. The fraction of sp³-hybridized carbons (Fsp3) is 0.815. The topological polar surface area (TPSA) is 113 Å². The van der Waals surface area contributed by atoms with Crippen molar-refractivity contribution in [3.05, 3.63) is 12.2 Å². The highest BCUT2D eigenvalue weighted by Crippen LogP contribution is 2.15. The van der Waals surface area contributed by atoms with Gasteiger partial charge in [-0.15, -0.1) is 0 Å². The standard InChI is InChI=1S/C27H49NO7/c1-4-6-13-18-24(35-27(33)22-28(3)20-21-34-26(32)16-5-2)23(29)17-14-11-9-7-8-10-12-15-19-25(30)31/h11,14,23-24,29H,4-10,12-13,15-22H2,1-3H3,(H,30,31)/b14-11-. The predicted molar refractivity (Wildman–Crippen MR) is 137 cm³/mol. The minimum atomic E-state index is -0.747. The van der Waals surface area contributed by atoms with E-state index in [1.54, 1.807) is 11.9 Å². The molecule has 0 aromatic carbocycles. The van der Waals surface area contributed by atoms with Gasteiger partial charge in [0, 0.05) is 19.4 Å². The molecule has 2 unspecified atom stereocenters. The Balaban J connectivity index is 4.31. The van der Waals surface area contributed by atoms with E-state index in [0.29, 0.717) is 25.8 Å². The fourth-order valence-corrected chi connectivity index (χ4v) is 3.60. The number of carbonyl (C=O) groups is 3. The average molecular weight is 500 g/mol. The van der Waals surface area contributed by atoms with Gasteiger partial charge < -0.3 is 19.7 Å². The first kappa shape index (κ1) is 33.1. The smallest absolute Gasteiger partial charge is 0.320 e. The van der Waals surface area contributed by atoms with Crippen LogP contribution in [0.25, 0.3) is 0 Å². The number of carbonyl (C=O) groups excluding carboxylic acids is 2. The lowest BCUT2D eigenvalue weighted by Gasteiger charge is -2.24. The van der Waals surface area contributed by atoms with Crippen LogP contribution in [0.1, 0.15) is 104 Å². The number of carboxylic acids is 1. The maximum Gasteiger partial charge on any atom is 0.320 e. The van der Waals surface area contributed by atoms with Crippen molar-refractivity contribution >= 4 is 17.9 Å². The number of aliphatic hydroxyl groups is 1. The van der Waals surface area contributed by atoms with Crippen LogP contribution in [0.4, 0.5) is 0 Å². The summed E-state index contributed by atoms with van der Waals surface area (Å²) in [5, 5.41) is 19.3. The Morgan fingerprint density at radius 2 is 1.60 bits per heavy atom. The molecule has 0 saturated heterocycles. The van der Waals surface area contributed by atoms with Crippen LogP contribution in [-0.4, -0.2) is 72.0 Å². The van der Waals surface area contributed by atoms with Gasteiger partial charge >= 0.3 is 17.9 Å². The molecule has 0 aromatic rings. The molecule has 8 nitrogen and oxygen atoms in total. The van der Waals surface area contributed by atoms with Crippen LogP contribution in [0.2, 0.25) is 0 Å². The van der Waals surface area contributed by atoms with Gasteiger partial charge in [-0.1, -0.05) is 58.1 Å². The number of ether oxygens (including phenoxy) is 2. The van der Waals surface area contributed by atoms with Crippen molar-refractivity contribution in [2.24, 2.45) is 0 Å². The Morgan fingerprint density at radius 1 is 0.886 bits per heavy atom. The van der Waals surface area contributed by atoms with Crippen molar-refractivity contribution in [1.82, 2.24) is 4.90 Å². The number of rotatable bonds is 23. The van der Waals surface area contributed by atoms with E-state index in [1.807, 2.05) is 13.0 Å². The number of aliphatic hydroxyl groups excluding tert-OH is 1. The van der Waals surface area contributed by atoms with E-state index in [-0.39, 0.29) is 31.5 Å². The Morgan fingerprint density at radius 3 is 2.29 bits per heavy atom. The number of allylic oxidation sites excluding steroid dienone is 1. The van der Waals surface area contributed by atoms with Gasteiger partial charge in [0.15, 0.2) is 0 Å². The molecule has 0 aliphatic heterocycles. The fourth-order valence-electron chi connectivity index (χ4n) is 3.60. The monoisotopic (exact) mass is 499 g/mol. The number of unbranched alkanes of at least 4 members (excludes halogenated alkanes) is 7. The molecule has 2 N–H and O–H groups in total. The van der Waals surface area contributed by atoms with Gasteiger partial charge in [-0.3, -0.25) is 19.3 Å². The number of aliphatic carboxylic acids is 1. The molecule has 204 valence electrons. The number of hydrogen-bond acceptors (Lipinski definition) is 7. The molecule has 0 fully saturated rings. The molecule has 0 aliphatic carbocycles. The zero-order valence-electron chi connectivity index (χ0n) is 22.2. The van der Waals surface area contributed by atoms with Gasteiger partial charge in [-0.2, -0.15) is 0 Å². The lowest BCUT2D eigenvalue weighted by molar-refractivity contribution is -0.156. The van der Waals surface area contributed by atoms with Crippen LogP contribution in [0.5, 0.6) is 0 Å². The Kier molecular flexibility index (Phi) is 21.3. The van der Waals surface area contributed by atoms with Crippen LogP contribution in [0.3, 0.4) is 0 Å². The molecule has 0 spiro atoms. The molecule has 0 bridgehead atoms. The molecular weight excluding hydrogens is 450 g/mol. The Hall–Kier alpha value is -1.93. The van der Waals surface area contributed by atoms with Gasteiger partial charge in [-0.25, -0.2) is 0 Å². The largest absolute Gasteiger partial charge is 0.481 e. The summed E-state index contributed by atoms with van der Waals surface area (Å²) in [4.78, 5) is 36.1. The third-order valence-electron chi connectivity index (χ3n) is 5.70. The minimum absolute atomic E-state index is 0.0740. The second kappa shape index (κ2) is 22.5. The van der Waals surface area contributed by atoms with Crippen LogP contribution in [0, 0.1) is 0 Å². The molecule has 0 saturated carbocycles. The van der Waals surface area contributed by atoms with Gasteiger partial charge in [0.2, 0.25) is 0 Å². The Bertz CT molecular complexity index is 594. The SMILES string of the molecule is CCCCCC(OC(=O)CN(C)CCOC(=O)CCC)C(O)C/C=C\CCCCCCCC(=O)O. The molecular formula is C27H49NO7. The number of hydrogen-bond donors (Lipinski definition) is 2. The van der Waals surface area contributed by atoms with Crippen LogP contribution >= 0.6 is 0 Å². The van der Waals surface area contributed by atoms with Crippen molar-refractivity contribution in [1.29, 1.82) is 0 Å². The number of carboxylic acid groups (broad SMARTS) is 1. The van der Waals surface area contributed by atoms with E-state index in [1.165, 1.54) is 0 Å². The molecule has 0 radical (unpaired) electrons. The van der Waals surface area contributed by atoms with Crippen LogP contribution < -0.4 is 0 Å². The Labute approximate surface area is 212 Å². The van der Waals surface area contributed by atoms with E-state index in [0.717, 1.165) is 64.2 Å². The van der Waals surface area contributed by atoms with E-state index in [9.17, 15) is 19.5 Å². The molecule has 2 atom stereocenters. The zero-order chi connectivity index (χ0) is 26.3. The molecule has 0 amide bonds. The van der Waals surface area contributed by atoms with Crippen molar-refractivity contribution in [3.63, 3.8) is 0 Å². The van der Waals surface area contributed by atoms with Crippen molar-refractivity contribution in [3.8, 4) is 0 Å². The lowest BCUT2D eigenvalue weighted by atomic mass is 10.0. The van der Waals surface area contributed by atoms with Crippen molar-refractivity contribution in [2.45, 2.75) is 116 Å². The zero-order valence-corrected chi connectivity index (χ0v) is 22.2. The molecule has 8 heteroatoms. The summed E-state index contributed by atoms with van der Waals surface area (Å²) < 4.78 is 10.8. The third-order valence-corrected chi connectivity index (χ3v) is 5.70. The normalized spacial score (nSPS) is 13.2. The van der Waals surface area contributed by atoms with Gasteiger partial charge in [0.05, 0.1) is 12.6 Å². The summed E-state index contributed by atoms with van der Waals surface area (Å²) in [6, 6.07) is 0. The highest BCUT2D eigenvalue weighted by Gasteiger charge is 2.23. The van der Waals surface area contributed by atoms with Crippen LogP contribution in [0.15, 0.2) is 12.2 Å². The average Bonchev–Trinajstić information content (AvgIpc) is 2.79. The second-order valence-corrected chi connectivity index (χ2v) is 9.21. The van der Waals surface area contributed by atoms with E-state index < -0.39 is 18.2 Å². The maximum atomic E-state index is 12.4. The first-order chi connectivity index (χ1) is 16.8. The number of esters is 2. The van der Waals surface area contributed by atoms with Gasteiger partial charge in [0.25, 0.3) is 0 Å². The van der Waals surface area contributed by atoms with Crippen LogP contribution in [-0.2, 0) is 23.9 Å². The minimum Gasteiger partial charge on any atom is -0.481 e. The second-order valence-electron chi connectivity index (χ2n) is 9.21. The first-order valence-electron chi connectivity index (χ1n) is 13.4. The molecule has 0 rings (SSSR count). The van der Waals surface area contributed by atoms with Crippen molar-refractivity contribution < 1.29 is 34.1 Å². The lowest BCUT2D eigenvalue weighted by Crippen LogP contribution is -2.36. The number of nitrogens with zero attached hydrogens (tertiary/aromatic N) is 1. The molecule has 0 heterocycles. The van der Waals surface area contributed by atoms with Gasteiger partial charge in [-0.05, 0) is 52.0 Å². The van der Waals surface area contributed by atoms with Gasteiger partial charge in [0.1, 0.15) is 12.7 Å². The summed E-state index contributed by atoms with van der Waals surface area (Å²) >= 11 is 0. The summed E-state index contributed by atoms with van der Waals surface area (Å²) in [6.07, 6.45) is 13.9. The summed E-state index contributed by atoms with van der Waals surface area (Å²) in [5.41, 5.74) is 0. The first-order valence-corrected chi connectivity index (χ1v) is 13.4. The maximum absolute atomic E-state index is 12.4. The summed E-state index contributed by atoms with van der Waals surface area (Å²) in [5.74, 6) is -1.35. The molecule has 35 heavy (non-hydrogen) atoms. The quantitative estimate of drug-likeness (QED) is 0.116.